The molecule has 0 radical (unpaired) electrons. The molecule has 1 heterocycles. The van der Waals surface area contributed by atoms with Gasteiger partial charge >= 0.3 is 0 Å². The first kappa shape index (κ1) is 23.7. The predicted molar refractivity (Wildman–Crippen MR) is 113 cm³/mol. The van der Waals surface area contributed by atoms with Gasteiger partial charge in [-0.15, -0.1) is 12.4 Å². The number of nitrogens with zero attached hydrogens (tertiary/aromatic N) is 1. The number of nitrogens with two attached hydrogens (primary N) is 1. The lowest BCUT2D eigenvalue weighted by atomic mass is 9.72. The summed E-state index contributed by atoms with van der Waals surface area (Å²) in [4.78, 5) is 14.2. The number of methoxy groups -OCH3 is 1. The summed E-state index contributed by atoms with van der Waals surface area (Å²) in [5.41, 5.74) is 6.19. The highest BCUT2D eigenvalue weighted by atomic mass is 35.5. The second-order valence-electron chi connectivity index (χ2n) is 8.41. The van der Waals surface area contributed by atoms with Crippen LogP contribution < -0.4 is 15.2 Å². The predicted octanol–water partition coefficient (Wildman–Crippen LogP) is 1.54. The van der Waals surface area contributed by atoms with E-state index in [2.05, 4.69) is 0 Å². The number of amides is 1. The highest BCUT2D eigenvalue weighted by Gasteiger charge is 2.49. The Hall–Kier alpha value is -1.54. The van der Waals surface area contributed by atoms with Crippen molar-refractivity contribution in [2.45, 2.75) is 44.8 Å². The van der Waals surface area contributed by atoms with Crippen molar-refractivity contribution in [2.75, 3.05) is 33.4 Å². The Morgan fingerprint density at radius 1 is 1.38 bits per heavy atom. The molecule has 2 fully saturated rings. The van der Waals surface area contributed by atoms with E-state index in [1.54, 1.807) is 18.9 Å². The number of hydrogen-bond acceptors (Lipinski definition) is 6. The Kier molecular flexibility index (Phi) is 7.79. The minimum Gasteiger partial charge on any atom is -0.493 e. The molecule has 1 aromatic carbocycles. The number of benzene rings is 1. The molecule has 0 bridgehead atoms. The van der Waals surface area contributed by atoms with Gasteiger partial charge < -0.3 is 30.3 Å². The van der Waals surface area contributed by atoms with E-state index in [9.17, 15) is 15.0 Å². The van der Waals surface area contributed by atoms with Crippen LogP contribution in [0.15, 0.2) is 18.2 Å². The molecule has 4 atom stereocenters. The van der Waals surface area contributed by atoms with Crippen molar-refractivity contribution in [1.82, 2.24) is 4.90 Å². The number of halogens is 1. The van der Waals surface area contributed by atoms with Gasteiger partial charge in [0.1, 0.15) is 6.04 Å². The van der Waals surface area contributed by atoms with Gasteiger partial charge in [0.05, 0.1) is 26.4 Å². The van der Waals surface area contributed by atoms with E-state index in [-0.39, 0.29) is 24.2 Å². The average molecular weight is 429 g/mol. The molecule has 1 aromatic rings. The molecule has 0 spiro atoms. The van der Waals surface area contributed by atoms with E-state index >= 15 is 0 Å². The number of likely N-dealkylation sites (tertiary alicyclic amines) is 1. The lowest BCUT2D eigenvalue weighted by molar-refractivity contribution is -0.133. The van der Waals surface area contributed by atoms with E-state index in [1.165, 1.54) is 12.8 Å². The Morgan fingerprint density at radius 2 is 2.07 bits per heavy atom. The minimum atomic E-state index is -0.940. The maximum atomic E-state index is 12.5. The number of aliphatic hydroxyl groups is 2. The third-order valence-corrected chi connectivity index (χ3v) is 6.27. The number of rotatable bonds is 8. The number of aliphatic hydroxyl groups excluding tert-OH is 2. The highest BCUT2D eigenvalue weighted by molar-refractivity contribution is 5.85. The molecule has 1 aliphatic heterocycles. The minimum absolute atomic E-state index is 0. The summed E-state index contributed by atoms with van der Waals surface area (Å²) in [5.74, 6) is 1.61. The quantitative estimate of drug-likeness (QED) is 0.580. The highest BCUT2D eigenvalue weighted by Crippen LogP contribution is 2.47. The summed E-state index contributed by atoms with van der Waals surface area (Å²) in [5, 5.41) is 19.8. The molecule has 1 amide bonds. The largest absolute Gasteiger partial charge is 0.493 e. The van der Waals surface area contributed by atoms with Gasteiger partial charge in [0.15, 0.2) is 11.5 Å². The van der Waals surface area contributed by atoms with Gasteiger partial charge in [0.25, 0.3) is 0 Å². The first-order valence-electron chi connectivity index (χ1n) is 9.94. The van der Waals surface area contributed by atoms with Gasteiger partial charge in [0.2, 0.25) is 5.91 Å². The number of hydrogen-bond donors (Lipinski definition) is 3. The van der Waals surface area contributed by atoms with Crippen molar-refractivity contribution in [3.8, 4) is 11.5 Å². The topological polar surface area (TPSA) is 105 Å². The Morgan fingerprint density at radius 3 is 2.62 bits per heavy atom. The fourth-order valence-electron chi connectivity index (χ4n) is 3.92. The van der Waals surface area contributed by atoms with Crippen LogP contribution in [-0.4, -0.2) is 66.6 Å². The van der Waals surface area contributed by atoms with Crippen LogP contribution in [0.3, 0.4) is 0 Å². The lowest BCUT2D eigenvalue weighted by Crippen LogP contribution is -2.46. The van der Waals surface area contributed by atoms with Crippen molar-refractivity contribution >= 4 is 18.3 Å². The second-order valence-corrected chi connectivity index (χ2v) is 8.41. The molecule has 0 aromatic heterocycles. The van der Waals surface area contributed by atoms with Crippen molar-refractivity contribution in [1.29, 1.82) is 0 Å². The number of carbonyl (C=O) groups excluding carboxylic acids is 1. The van der Waals surface area contributed by atoms with Crippen LogP contribution in [0.1, 0.15) is 38.2 Å². The van der Waals surface area contributed by atoms with Crippen LogP contribution in [0.4, 0.5) is 0 Å². The lowest BCUT2D eigenvalue weighted by Gasteiger charge is -2.34. The van der Waals surface area contributed by atoms with E-state index < -0.39 is 24.2 Å². The van der Waals surface area contributed by atoms with Crippen molar-refractivity contribution in [2.24, 2.45) is 17.1 Å². The summed E-state index contributed by atoms with van der Waals surface area (Å²) in [7, 11) is 1.62. The van der Waals surface area contributed by atoms with Crippen molar-refractivity contribution in [3.05, 3.63) is 23.8 Å². The zero-order chi connectivity index (χ0) is 20.5. The Bertz CT molecular complexity index is 712. The summed E-state index contributed by atoms with van der Waals surface area (Å²) >= 11 is 0. The third-order valence-electron chi connectivity index (χ3n) is 6.27. The summed E-state index contributed by atoms with van der Waals surface area (Å²) in [6.07, 6.45) is 1.78. The van der Waals surface area contributed by atoms with Crippen LogP contribution in [0.25, 0.3) is 0 Å². The van der Waals surface area contributed by atoms with Crippen LogP contribution in [-0.2, 0) is 4.79 Å². The molecule has 2 aliphatic rings. The summed E-state index contributed by atoms with van der Waals surface area (Å²) < 4.78 is 11.4. The van der Waals surface area contributed by atoms with Gasteiger partial charge in [-0.3, -0.25) is 4.79 Å². The fraction of sp³-hybridized carbons (Fsp3) is 0.667. The van der Waals surface area contributed by atoms with Crippen molar-refractivity contribution < 1.29 is 24.5 Å². The van der Waals surface area contributed by atoms with Crippen LogP contribution in [0.5, 0.6) is 11.5 Å². The molecular formula is C21H33ClN2O5. The van der Waals surface area contributed by atoms with Crippen LogP contribution in [0, 0.1) is 11.3 Å². The molecule has 1 aliphatic carbocycles. The van der Waals surface area contributed by atoms with Gasteiger partial charge in [-0.05, 0) is 43.4 Å². The zero-order valence-corrected chi connectivity index (χ0v) is 18.2. The first-order valence-corrected chi connectivity index (χ1v) is 9.94. The molecule has 7 nitrogen and oxygen atoms in total. The maximum Gasteiger partial charge on any atom is 0.241 e. The molecule has 164 valence electrons. The molecule has 0 unspecified atom stereocenters. The molecule has 29 heavy (non-hydrogen) atoms. The molecule has 3 rings (SSSR count). The van der Waals surface area contributed by atoms with Crippen LogP contribution in [0.2, 0.25) is 0 Å². The van der Waals surface area contributed by atoms with Gasteiger partial charge in [-0.2, -0.15) is 0 Å². The summed E-state index contributed by atoms with van der Waals surface area (Å²) in [6, 6.07) is 4.87. The van der Waals surface area contributed by atoms with Gasteiger partial charge in [0, 0.05) is 24.4 Å². The first-order chi connectivity index (χ1) is 13.3. The maximum absolute atomic E-state index is 12.5. The molecular weight excluding hydrogens is 396 g/mol. The van der Waals surface area contributed by atoms with Gasteiger partial charge in [-0.1, -0.05) is 13.0 Å². The Labute approximate surface area is 178 Å². The molecule has 1 saturated carbocycles. The summed E-state index contributed by atoms with van der Waals surface area (Å²) in [6.45, 7) is 4.83. The standard InChI is InChI=1S/C21H32N2O5.ClH/c1-13(25)21(2)12-23(20(26)17(22)10-24)9-16(21)15-6-7-18(27-3)19(8-15)28-11-14-4-5-14;/h6-8,13-14,16-17,24-25H,4-5,9-12,22H2,1-3H3;1H/t13-,16+,17-,21+;/m1./s1. The van der Waals surface area contributed by atoms with E-state index in [0.717, 1.165) is 5.56 Å². The smallest absolute Gasteiger partial charge is 0.241 e. The Balaban J connectivity index is 0.00000300. The van der Waals surface area contributed by atoms with Crippen LogP contribution >= 0.6 is 12.4 Å². The molecule has 8 heteroatoms. The molecule has 1 saturated heterocycles. The normalized spacial score (nSPS) is 25.9. The van der Waals surface area contributed by atoms with E-state index in [1.807, 2.05) is 25.1 Å². The molecule has 4 N–H and O–H groups in total. The zero-order valence-electron chi connectivity index (χ0n) is 17.3. The monoisotopic (exact) mass is 428 g/mol. The second kappa shape index (κ2) is 9.51. The number of ether oxygens (including phenoxy) is 2. The number of carbonyl (C=O) groups is 1. The third kappa shape index (κ3) is 4.97. The average Bonchev–Trinajstić information content (AvgIpc) is 3.45. The fourth-order valence-corrected chi connectivity index (χ4v) is 3.92. The van der Waals surface area contributed by atoms with E-state index in [4.69, 9.17) is 15.2 Å². The van der Waals surface area contributed by atoms with E-state index in [0.29, 0.717) is 37.1 Å². The van der Waals surface area contributed by atoms with Crippen molar-refractivity contribution in [3.63, 3.8) is 0 Å². The SMILES string of the molecule is COc1ccc([C@@H]2CN(C(=O)[C@H](N)CO)C[C@@]2(C)[C@@H](C)O)cc1OCC1CC1.Cl. The van der Waals surface area contributed by atoms with Gasteiger partial charge in [-0.25, -0.2) is 0 Å².